The topological polar surface area (TPSA) is 46.2 Å². The summed E-state index contributed by atoms with van der Waals surface area (Å²) < 4.78 is 0. The summed E-state index contributed by atoms with van der Waals surface area (Å²) in [5.41, 5.74) is 0.996. The molecule has 7 atom stereocenters. The van der Waals surface area contributed by atoms with Crippen LogP contribution in [0.1, 0.15) is 62.7 Å². The van der Waals surface area contributed by atoms with E-state index < -0.39 is 0 Å². The Kier molecular flexibility index (Phi) is 4.51. The number of carbonyl (C=O) groups is 2. The molecular formula is C25H31NO2S. The Balaban J connectivity index is 1.42. The third-order valence-corrected chi connectivity index (χ3v) is 9.45. The Hall–Kier alpha value is -1.55. The van der Waals surface area contributed by atoms with Crippen molar-refractivity contribution in [2.45, 2.75) is 63.3 Å². The molecular weight excluding hydrogens is 378 g/mol. The predicted molar refractivity (Wildman–Crippen MR) is 117 cm³/mol. The van der Waals surface area contributed by atoms with Crippen molar-refractivity contribution in [1.82, 2.24) is 5.32 Å². The van der Waals surface area contributed by atoms with E-state index in [2.05, 4.69) is 37.9 Å². The number of amides is 1. The molecule has 3 nitrogen and oxygen atoms in total. The average molecular weight is 410 g/mol. The first-order chi connectivity index (χ1) is 13.8. The smallest absolute Gasteiger partial charge is 0.243 e. The largest absolute Gasteiger partial charge is 0.349 e. The zero-order valence-corrected chi connectivity index (χ0v) is 18.3. The van der Waals surface area contributed by atoms with Crippen LogP contribution < -0.4 is 5.32 Å². The number of thiol groups is 1. The van der Waals surface area contributed by atoms with Crippen LogP contribution >= 0.6 is 12.6 Å². The summed E-state index contributed by atoms with van der Waals surface area (Å²) >= 11 is 4.36. The molecule has 0 aromatic heterocycles. The van der Waals surface area contributed by atoms with E-state index in [1.165, 1.54) is 6.42 Å². The van der Waals surface area contributed by atoms with Gasteiger partial charge in [-0.2, -0.15) is 0 Å². The van der Waals surface area contributed by atoms with E-state index in [1.807, 2.05) is 24.3 Å². The van der Waals surface area contributed by atoms with Crippen LogP contribution in [0.5, 0.6) is 0 Å². The van der Waals surface area contributed by atoms with Crippen LogP contribution in [0.4, 0.5) is 0 Å². The van der Waals surface area contributed by atoms with Gasteiger partial charge in [0.15, 0.2) is 5.78 Å². The van der Waals surface area contributed by atoms with Crippen molar-refractivity contribution in [1.29, 1.82) is 0 Å². The van der Waals surface area contributed by atoms with E-state index in [-0.39, 0.29) is 28.7 Å². The van der Waals surface area contributed by atoms with E-state index in [9.17, 15) is 9.59 Å². The fraction of sp³-hybridized carbons (Fsp3) is 0.600. The van der Waals surface area contributed by atoms with Crippen molar-refractivity contribution in [3.8, 4) is 0 Å². The summed E-state index contributed by atoms with van der Waals surface area (Å²) in [5.74, 6) is 2.40. The van der Waals surface area contributed by atoms with Gasteiger partial charge in [-0.15, -0.1) is 12.6 Å². The minimum atomic E-state index is 0.0582. The normalized spacial score (nSPS) is 43.1. The zero-order chi connectivity index (χ0) is 20.4. The van der Waals surface area contributed by atoms with Crippen LogP contribution in [0.25, 0.3) is 0 Å². The van der Waals surface area contributed by atoms with Gasteiger partial charge in [0, 0.05) is 27.8 Å². The Morgan fingerprint density at radius 1 is 1.03 bits per heavy atom. The van der Waals surface area contributed by atoms with Gasteiger partial charge in [-0.05, 0) is 79.9 Å². The minimum Gasteiger partial charge on any atom is -0.349 e. The Labute approximate surface area is 179 Å². The van der Waals surface area contributed by atoms with Gasteiger partial charge in [-0.3, -0.25) is 9.59 Å². The lowest BCUT2D eigenvalue weighted by Crippen LogP contribution is -2.59. The second kappa shape index (κ2) is 6.73. The molecule has 1 aromatic carbocycles. The van der Waals surface area contributed by atoms with Crippen molar-refractivity contribution < 1.29 is 9.59 Å². The quantitative estimate of drug-likeness (QED) is 0.529. The number of hydrogen-bond donors (Lipinski definition) is 2. The third kappa shape index (κ3) is 2.85. The van der Waals surface area contributed by atoms with Crippen molar-refractivity contribution in [3.05, 3.63) is 42.0 Å². The Bertz CT molecular complexity index is 877. The van der Waals surface area contributed by atoms with E-state index >= 15 is 0 Å². The van der Waals surface area contributed by atoms with E-state index in [4.69, 9.17) is 0 Å². The average Bonchev–Trinajstić information content (AvgIpc) is 3.06. The number of carbonyl (C=O) groups excluding carboxylic acids is 2. The highest BCUT2D eigenvalue weighted by Gasteiger charge is 2.60. The third-order valence-electron chi connectivity index (χ3n) is 9.15. The van der Waals surface area contributed by atoms with Crippen LogP contribution in [-0.2, 0) is 4.79 Å². The summed E-state index contributed by atoms with van der Waals surface area (Å²) in [6.45, 7) is 4.74. The summed E-state index contributed by atoms with van der Waals surface area (Å²) in [4.78, 5) is 26.2. The van der Waals surface area contributed by atoms with Gasteiger partial charge < -0.3 is 5.32 Å². The molecule has 1 aromatic rings. The minimum absolute atomic E-state index is 0.0582. The molecule has 154 valence electrons. The van der Waals surface area contributed by atoms with Gasteiger partial charge in [0.1, 0.15) is 0 Å². The molecule has 5 rings (SSSR count). The van der Waals surface area contributed by atoms with Crippen LogP contribution in [0.2, 0.25) is 0 Å². The summed E-state index contributed by atoms with van der Waals surface area (Å²) in [5, 5.41) is 3.23. The lowest BCUT2D eigenvalue weighted by molar-refractivity contribution is -0.122. The molecule has 1 heterocycles. The predicted octanol–water partition coefficient (Wildman–Crippen LogP) is 5.07. The molecule has 0 radical (unpaired) electrons. The zero-order valence-electron chi connectivity index (χ0n) is 17.4. The van der Waals surface area contributed by atoms with E-state index in [0.717, 1.165) is 42.6 Å². The molecule has 3 saturated carbocycles. The number of nitrogens with one attached hydrogen (secondary N) is 1. The molecule has 0 saturated heterocycles. The number of ketones is 1. The van der Waals surface area contributed by atoms with Crippen molar-refractivity contribution in [2.75, 3.05) is 0 Å². The van der Waals surface area contributed by atoms with Crippen LogP contribution in [-0.4, -0.2) is 17.7 Å². The molecule has 1 amide bonds. The molecule has 0 unspecified atom stereocenters. The number of rotatable bonds is 2. The standard InChI is InChI=1S/C25H31NO2S/c1-24-13-11-19-17(7-10-21-25(19,2)14-12-22(27)26-21)18(24)8-9-20(24)23(28)15-3-5-16(29)6-4-15/h3-6,12,14,17-21,29H,7-11,13H2,1-2H3,(H,26,27)/t17-,18-,19-,20+,21+,24-,25+/m0/s1. The van der Waals surface area contributed by atoms with E-state index in [1.54, 1.807) is 6.08 Å². The lowest BCUT2D eigenvalue weighted by Gasteiger charge is -2.58. The maximum atomic E-state index is 13.4. The molecule has 3 fully saturated rings. The van der Waals surface area contributed by atoms with Crippen LogP contribution in [0.3, 0.4) is 0 Å². The first kappa shape index (κ1) is 19.4. The highest BCUT2D eigenvalue weighted by Crippen LogP contribution is 2.65. The van der Waals surface area contributed by atoms with Gasteiger partial charge >= 0.3 is 0 Å². The van der Waals surface area contributed by atoms with Gasteiger partial charge in [0.25, 0.3) is 0 Å². The summed E-state index contributed by atoms with van der Waals surface area (Å²) in [7, 11) is 0. The molecule has 1 aliphatic heterocycles. The second-order valence-electron chi connectivity index (χ2n) is 10.3. The van der Waals surface area contributed by atoms with Gasteiger partial charge in [0.05, 0.1) is 0 Å². The van der Waals surface area contributed by atoms with Crippen molar-refractivity contribution >= 4 is 24.3 Å². The number of hydrogen-bond acceptors (Lipinski definition) is 3. The highest BCUT2D eigenvalue weighted by atomic mass is 32.1. The summed E-state index contributed by atoms with van der Waals surface area (Å²) in [6.07, 6.45) is 10.6. The van der Waals surface area contributed by atoms with E-state index in [0.29, 0.717) is 23.5 Å². The number of benzene rings is 1. The van der Waals surface area contributed by atoms with Crippen molar-refractivity contribution in [2.24, 2.45) is 34.5 Å². The molecule has 1 N–H and O–H groups in total. The summed E-state index contributed by atoms with van der Waals surface area (Å²) in [6, 6.07) is 8.00. The molecule has 4 aliphatic rings. The monoisotopic (exact) mass is 409 g/mol. The second-order valence-corrected chi connectivity index (χ2v) is 10.8. The van der Waals surface area contributed by atoms with Crippen LogP contribution in [0, 0.1) is 34.5 Å². The van der Waals surface area contributed by atoms with Crippen LogP contribution in [0.15, 0.2) is 41.3 Å². The maximum absolute atomic E-state index is 13.4. The fourth-order valence-corrected chi connectivity index (χ4v) is 7.74. The lowest BCUT2D eigenvalue weighted by atomic mass is 9.47. The maximum Gasteiger partial charge on any atom is 0.243 e. The SMILES string of the molecule is C[C@]12C=CC(=O)N[C@@H]1CC[C@@H]1[C@@H]2CC[C@]2(C)[C@@H](C(=O)c3ccc(S)cc3)CC[C@@H]12. The van der Waals surface area contributed by atoms with Gasteiger partial charge in [-0.25, -0.2) is 0 Å². The fourth-order valence-electron chi connectivity index (χ4n) is 7.59. The highest BCUT2D eigenvalue weighted by molar-refractivity contribution is 7.80. The first-order valence-electron chi connectivity index (χ1n) is 11.2. The molecule has 3 aliphatic carbocycles. The Morgan fingerprint density at radius 3 is 2.55 bits per heavy atom. The van der Waals surface area contributed by atoms with Gasteiger partial charge in [0.2, 0.25) is 5.91 Å². The number of Topliss-reactive ketones (excluding diaryl/α,β-unsaturated/α-hetero) is 1. The Morgan fingerprint density at radius 2 is 1.79 bits per heavy atom. The van der Waals surface area contributed by atoms with Crippen molar-refractivity contribution in [3.63, 3.8) is 0 Å². The molecule has 0 bridgehead atoms. The molecule has 4 heteroatoms. The first-order valence-corrected chi connectivity index (χ1v) is 11.6. The van der Waals surface area contributed by atoms with Gasteiger partial charge in [-0.1, -0.05) is 32.1 Å². The number of fused-ring (bicyclic) bond motifs is 5. The molecule has 29 heavy (non-hydrogen) atoms. The molecule has 0 spiro atoms.